The fraction of sp³-hybridized carbons (Fsp3) is 0.125. The molecule has 3 rings (SSSR count). The minimum atomic E-state index is -0.316. The highest BCUT2D eigenvalue weighted by molar-refractivity contribution is 5.81. The predicted molar refractivity (Wildman–Crippen MR) is 77.2 cm³/mol. The normalized spacial score (nSPS) is 10.9. The molecule has 0 amide bonds. The van der Waals surface area contributed by atoms with Crippen LogP contribution in [0.25, 0.3) is 22.3 Å². The summed E-state index contributed by atoms with van der Waals surface area (Å²) >= 11 is 0. The van der Waals surface area contributed by atoms with Gasteiger partial charge < -0.3 is 4.98 Å². The molecule has 3 nitrogen and oxygen atoms in total. The van der Waals surface area contributed by atoms with E-state index in [9.17, 15) is 9.18 Å². The highest BCUT2D eigenvalue weighted by Crippen LogP contribution is 2.19. The van der Waals surface area contributed by atoms with Crippen molar-refractivity contribution in [1.82, 2.24) is 9.97 Å². The Labute approximate surface area is 115 Å². The SMILES string of the molecule is Cc1cc2nc(-c3ccc(F)cc3)[nH]c(=O)c2cc1C. The average molecular weight is 268 g/mol. The van der Waals surface area contributed by atoms with Gasteiger partial charge in [-0.15, -0.1) is 0 Å². The third-order valence-electron chi connectivity index (χ3n) is 3.44. The Morgan fingerprint density at radius 2 is 1.70 bits per heavy atom. The molecule has 1 aromatic heterocycles. The van der Waals surface area contributed by atoms with E-state index in [0.717, 1.165) is 11.1 Å². The van der Waals surface area contributed by atoms with Crippen LogP contribution in [0.1, 0.15) is 11.1 Å². The Bertz CT molecular complexity index is 851. The first-order valence-corrected chi connectivity index (χ1v) is 6.32. The summed E-state index contributed by atoms with van der Waals surface area (Å²) in [5.41, 5.74) is 3.29. The van der Waals surface area contributed by atoms with E-state index in [1.807, 2.05) is 26.0 Å². The molecule has 2 aromatic carbocycles. The molecule has 3 aromatic rings. The van der Waals surface area contributed by atoms with E-state index in [0.29, 0.717) is 22.3 Å². The number of nitrogens with zero attached hydrogens (tertiary/aromatic N) is 1. The van der Waals surface area contributed by atoms with Gasteiger partial charge in [0.15, 0.2) is 0 Å². The molecule has 1 N–H and O–H groups in total. The Morgan fingerprint density at radius 3 is 2.40 bits per heavy atom. The zero-order valence-electron chi connectivity index (χ0n) is 11.2. The number of H-pyrrole nitrogens is 1. The third kappa shape index (κ3) is 2.09. The average Bonchev–Trinajstić information content (AvgIpc) is 2.42. The first-order chi connectivity index (χ1) is 9.54. The monoisotopic (exact) mass is 268 g/mol. The molecule has 4 heteroatoms. The molecule has 0 saturated heterocycles. The van der Waals surface area contributed by atoms with E-state index >= 15 is 0 Å². The van der Waals surface area contributed by atoms with E-state index in [2.05, 4.69) is 9.97 Å². The van der Waals surface area contributed by atoms with Crippen molar-refractivity contribution in [2.45, 2.75) is 13.8 Å². The summed E-state index contributed by atoms with van der Waals surface area (Å²) in [6.07, 6.45) is 0. The first-order valence-electron chi connectivity index (χ1n) is 6.32. The van der Waals surface area contributed by atoms with E-state index in [1.165, 1.54) is 12.1 Å². The number of fused-ring (bicyclic) bond motifs is 1. The number of benzene rings is 2. The maximum Gasteiger partial charge on any atom is 0.259 e. The smallest absolute Gasteiger partial charge is 0.259 e. The summed E-state index contributed by atoms with van der Waals surface area (Å²) < 4.78 is 12.9. The van der Waals surface area contributed by atoms with Gasteiger partial charge >= 0.3 is 0 Å². The van der Waals surface area contributed by atoms with Crippen molar-refractivity contribution in [3.8, 4) is 11.4 Å². The van der Waals surface area contributed by atoms with Gasteiger partial charge in [0, 0.05) is 5.56 Å². The van der Waals surface area contributed by atoms with Crippen LogP contribution in [-0.2, 0) is 0 Å². The molecule has 0 bridgehead atoms. The maximum atomic E-state index is 12.9. The molecule has 0 spiro atoms. The van der Waals surface area contributed by atoms with Crippen LogP contribution in [0.2, 0.25) is 0 Å². The van der Waals surface area contributed by atoms with E-state index in [-0.39, 0.29) is 11.4 Å². The van der Waals surface area contributed by atoms with Crippen LogP contribution in [0.5, 0.6) is 0 Å². The number of aryl methyl sites for hydroxylation is 2. The number of rotatable bonds is 1. The van der Waals surface area contributed by atoms with Crippen molar-refractivity contribution in [3.05, 3.63) is 63.7 Å². The Balaban J connectivity index is 2.26. The van der Waals surface area contributed by atoms with Crippen molar-refractivity contribution >= 4 is 10.9 Å². The van der Waals surface area contributed by atoms with Crippen LogP contribution in [0.15, 0.2) is 41.2 Å². The molecule has 0 aliphatic heterocycles. The molecule has 20 heavy (non-hydrogen) atoms. The van der Waals surface area contributed by atoms with Crippen LogP contribution < -0.4 is 5.56 Å². The topological polar surface area (TPSA) is 45.8 Å². The Morgan fingerprint density at radius 1 is 1.05 bits per heavy atom. The summed E-state index contributed by atoms with van der Waals surface area (Å²) in [5, 5.41) is 0.568. The minimum absolute atomic E-state index is 0.183. The van der Waals surface area contributed by atoms with Crippen LogP contribution >= 0.6 is 0 Å². The predicted octanol–water partition coefficient (Wildman–Crippen LogP) is 3.35. The van der Waals surface area contributed by atoms with Gasteiger partial charge in [0.05, 0.1) is 10.9 Å². The molecule has 0 unspecified atom stereocenters. The van der Waals surface area contributed by atoms with E-state index in [1.54, 1.807) is 12.1 Å². The lowest BCUT2D eigenvalue weighted by Crippen LogP contribution is -2.10. The second-order valence-electron chi connectivity index (χ2n) is 4.88. The third-order valence-corrected chi connectivity index (χ3v) is 3.44. The van der Waals surface area contributed by atoms with Gasteiger partial charge in [-0.2, -0.15) is 0 Å². The van der Waals surface area contributed by atoms with Crippen molar-refractivity contribution in [3.63, 3.8) is 0 Å². The van der Waals surface area contributed by atoms with Crippen LogP contribution in [0, 0.1) is 19.7 Å². The summed E-state index contributed by atoms with van der Waals surface area (Å²) in [7, 11) is 0. The highest BCUT2D eigenvalue weighted by atomic mass is 19.1. The van der Waals surface area contributed by atoms with Crippen LogP contribution in [-0.4, -0.2) is 9.97 Å². The van der Waals surface area contributed by atoms with Gasteiger partial charge in [-0.05, 0) is 61.4 Å². The standard InChI is InChI=1S/C16H13FN2O/c1-9-7-13-14(8-10(9)2)18-15(19-16(13)20)11-3-5-12(17)6-4-11/h3-8H,1-2H3,(H,18,19,20). The van der Waals surface area contributed by atoms with Gasteiger partial charge in [-0.3, -0.25) is 4.79 Å². The van der Waals surface area contributed by atoms with Crippen molar-refractivity contribution < 1.29 is 4.39 Å². The Kier molecular flexibility index (Phi) is 2.86. The number of hydrogen-bond acceptors (Lipinski definition) is 2. The fourth-order valence-electron chi connectivity index (χ4n) is 2.14. The molecule has 0 aliphatic rings. The molecule has 100 valence electrons. The van der Waals surface area contributed by atoms with Gasteiger partial charge in [0.2, 0.25) is 0 Å². The van der Waals surface area contributed by atoms with E-state index < -0.39 is 0 Å². The maximum absolute atomic E-state index is 12.9. The molecular formula is C16H13FN2O. The number of aromatic amines is 1. The quantitative estimate of drug-likeness (QED) is 0.735. The van der Waals surface area contributed by atoms with Crippen molar-refractivity contribution in [1.29, 1.82) is 0 Å². The second-order valence-corrected chi connectivity index (χ2v) is 4.88. The zero-order valence-corrected chi connectivity index (χ0v) is 11.2. The van der Waals surface area contributed by atoms with Crippen molar-refractivity contribution in [2.24, 2.45) is 0 Å². The molecule has 0 aliphatic carbocycles. The minimum Gasteiger partial charge on any atom is -0.306 e. The van der Waals surface area contributed by atoms with Gasteiger partial charge in [-0.1, -0.05) is 0 Å². The summed E-state index contributed by atoms with van der Waals surface area (Å²) in [6, 6.07) is 9.62. The fourth-order valence-corrected chi connectivity index (χ4v) is 2.14. The lowest BCUT2D eigenvalue weighted by atomic mass is 10.1. The molecular weight excluding hydrogens is 255 g/mol. The molecule has 0 saturated carbocycles. The molecule has 0 radical (unpaired) electrons. The van der Waals surface area contributed by atoms with Gasteiger partial charge in [0.1, 0.15) is 11.6 Å². The second kappa shape index (κ2) is 4.56. The lowest BCUT2D eigenvalue weighted by molar-refractivity contribution is 0.628. The molecule has 0 fully saturated rings. The lowest BCUT2D eigenvalue weighted by Gasteiger charge is -2.06. The molecule has 1 heterocycles. The van der Waals surface area contributed by atoms with E-state index in [4.69, 9.17) is 0 Å². The number of hydrogen-bond donors (Lipinski definition) is 1. The van der Waals surface area contributed by atoms with Crippen molar-refractivity contribution in [2.75, 3.05) is 0 Å². The number of halogens is 1. The number of aromatic nitrogens is 2. The summed E-state index contributed by atoms with van der Waals surface area (Å²) in [4.78, 5) is 19.3. The van der Waals surface area contributed by atoms with Crippen LogP contribution in [0.4, 0.5) is 4.39 Å². The zero-order chi connectivity index (χ0) is 14.3. The summed E-state index contributed by atoms with van der Waals surface area (Å²) in [5.74, 6) is 0.133. The largest absolute Gasteiger partial charge is 0.306 e. The number of nitrogens with one attached hydrogen (secondary N) is 1. The van der Waals surface area contributed by atoms with Gasteiger partial charge in [-0.25, -0.2) is 9.37 Å². The molecule has 0 atom stereocenters. The Hall–Kier alpha value is -2.49. The summed E-state index contributed by atoms with van der Waals surface area (Å²) in [6.45, 7) is 3.94. The van der Waals surface area contributed by atoms with Gasteiger partial charge in [0.25, 0.3) is 5.56 Å². The highest BCUT2D eigenvalue weighted by Gasteiger charge is 2.07. The first kappa shape index (κ1) is 12.5. The van der Waals surface area contributed by atoms with Crippen LogP contribution in [0.3, 0.4) is 0 Å².